The van der Waals surface area contributed by atoms with Crippen LogP contribution in [-0.4, -0.2) is 10.9 Å². The number of nitrogens with one attached hydrogen (secondary N) is 1. The molecule has 2 heterocycles. The Bertz CT molecular complexity index is 1260. The van der Waals surface area contributed by atoms with E-state index < -0.39 is 5.63 Å². The highest BCUT2D eigenvalue weighted by molar-refractivity contribution is 6.05. The van der Waals surface area contributed by atoms with Gasteiger partial charge in [-0.1, -0.05) is 6.07 Å². The normalized spacial score (nSPS) is 10.7. The molecule has 0 saturated heterocycles. The van der Waals surface area contributed by atoms with Crippen LogP contribution in [0.1, 0.15) is 27.0 Å². The average molecular weight is 400 g/mol. The van der Waals surface area contributed by atoms with Crippen molar-refractivity contribution in [3.8, 4) is 5.75 Å². The lowest BCUT2D eigenvalue weighted by atomic mass is 10.0. The van der Waals surface area contributed by atoms with E-state index in [1.807, 2.05) is 26.0 Å². The Balaban J connectivity index is 1.51. The van der Waals surface area contributed by atoms with Gasteiger partial charge in [0.1, 0.15) is 17.9 Å². The minimum Gasteiger partial charge on any atom is -0.488 e. The molecule has 0 spiro atoms. The quantitative estimate of drug-likeness (QED) is 0.494. The number of ether oxygens (including phenoxy) is 1. The molecule has 0 atom stereocenters. The van der Waals surface area contributed by atoms with Crippen LogP contribution in [0, 0.1) is 13.8 Å². The zero-order chi connectivity index (χ0) is 21.1. The van der Waals surface area contributed by atoms with Crippen LogP contribution in [0.25, 0.3) is 11.0 Å². The number of rotatable bonds is 5. The predicted molar refractivity (Wildman–Crippen MR) is 115 cm³/mol. The topological polar surface area (TPSA) is 81.4 Å². The molecule has 0 unspecified atom stereocenters. The summed E-state index contributed by atoms with van der Waals surface area (Å²) in [6.45, 7) is 4.25. The van der Waals surface area contributed by atoms with Crippen LogP contribution in [0.3, 0.4) is 0 Å². The van der Waals surface area contributed by atoms with Crippen molar-refractivity contribution in [2.75, 3.05) is 5.32 Å². The van der Waals surface area contributed by atoms with E-state index in [1.54, 1.807) is 48.8 Å². The molecule has 0 fully saturated rings. The molecule has 2 aromatic heterocycles. The third kappa shape index (κ3) is 4.22. The van der Waals surface area contributed by atoms with E-state index >= 15 is 0 Å². The number of carbonyl (C=O) groups excluding carboxylic acids is 1. The molecule has 1 N–H and O–H groups in total. The first-order chi connectivity index (χ1) is 14.5. The van der Waals surface area contributed by atoms with E-state index in [-0.39, 0.29) is 5.91 Å². The van der Waals surface area contributed by atoms with E-state index in [2.05, 4.69) is 10.3 Å². The molecule has 0 aliphatic rings. The molecule has 4 rings (SSSR count). The molecule has 0 aliphatic carbocycles. The number of amides is 1. The van der Waals surface area contributed by atoms with E-state index in [9.17, 15) is 9.59 Å². The second-order valence-corrected chi connectivity index (χ2v) is 7.05. The maximum absolute atomic E-state index is 12.8. The summed E-state index contributed by atoms with van der Waals surface area (Å²) < 4.78 is 11.1. The fourth-order valence-electron chi connectivity index (χ4n) is 3.30. The summed E-state index contributed by atoms with van der Waals surface area (Å²) in [4.78, 5) is 28.2. The number of hydrogen-bond donors (Lipinski definition) is 1. The maximum atomic E-state index is 12.8. The Labute approximate surface area is 173 Å². The van der Waals surface area contributed by atoms with Crippen LogP contribution >= 0.6 is 0 Å². The van der Waals surface area contributed by atoms with Crippen molar-refractivity contribution in [1.82, 2.24) is 4.98 Å². The highest BCUT2D eigenvalue weighted by Gasteiger charge is 2.13. The molecular weight excluding hydrogens is 380 g/mol. The molecule has 2 aromatic carbocycles. The first kappa shape index (κ1) is 19.4. The Morgan fingerprint density at radius 1 is 1.07 bits per heavy atom. The number of pyridine rings is 1. The van der Waals surface area contributed by atoms with Crippen LogP contribution in [0.2, 0.25) is 0 Å². The molecule has 6 heteroatoms. The van der Waals surface area contributed by atoms with Gasteiger partial charge >= 0.3 is 5.63 Å². The summed E-state index contributed by atoms with van der Waals surface area (Å²) in [6.07, 6.45) is 3.49. The van der Waals surface area contributed by atoms with Gasteiger partial charge in [-0.05, 0) is 67.4 Å². The van der Waals surface area contributed by atoms with Crippen molar-refractivity contribution < 1.29 is 13.9 Å². The van der Waals surface area contributed by atoms with Crippen molar-refractivity contribution in [2.45, 2.75) is 20.5 Å². The van der Waals surface area contributed by atoms with Crippen LogP contribution < -0.4 is 15.7 Å². The number of fused-ring (bicyclic) bond motifs is 1. The number of nitrogens with zero attached hydrogens (tertiary/aromatic N) is 1. The summed E-state index contributed by atoms with van der Waals surface area (Å²) in [5.41, 5.74) is 3.96. The van der Waals surface area contributed by atoms with Gasteiger partial charge in [-0.15, -0.1) is 0 Å². The first-order valence-corrected chi connectivity index (χ1v) is 9.48. The van der Waals surface area contributed by atoms with Crippen molar-refractivity contribution >= 4 is 22.6 Å². The minimum absolute atomic E-state index is 0.225. The van der Waals surface area contributed by atoms with Crippen LogP contribution in [-0.2, 0) is 6.61 Å². The Morgan fingerprint density at radius 3 is 2.60 bits per heavy atom. The van der Waals surface area contributed by atoms with Gasteiger partial charge in [0.25, 0.3) is 5.91 Å². The van der Waals surface area contributed by atoms with Gasteiger partial charge in [-0.3, -0.25) is 9.78 Å². The zero-order valence-corrected chi connectivity index (χ0v) is 16.6. The van der Waals surface area contributed by atoms with E-state index in [1.165, 1.54) is 6.07 Å². The second kappa shape index (κ2) is 8.21. The molecule has 30 heavy (non-hydrogen) atoms. The minimum atomic E-state index is -0.406. The Hall–Kier alpha value is -3.93. The molecule has 150 valence electrons. The Kier molecular flexibility index (Phi) is 5.30. The lowest BCUT2D eigenvalue weighted by Crippen LogP contribution is -2.13. The summed E-state index contributed by atoms with van der Waals surface area (Å²) >= 11 is 0. The number of aryl methyl sites for hydroxylation is 2. The number of hydrogen-bond acceptors (Lipinski definition) is 5. The molecule has 0 saturated carbocycles. The number of aromatic nitrogens is 1. The van der Waals surface area contributed by atoms with Gasteiger partial charge in [-0.25, -0.2) is 4.79 Å². The van der Waals surface area contributed by atoms with Gasteiger partial charge in [0.15, 0.2) is 0 Å². The molecule has 4 aromatic rings. The maximum Gasteiger partial charge on any atom is 0.336 e. The van der Waals surface area contributed by atoms with Crippen molar-refractivity contribution in [3.05, 3.63) is 99.7 Å². The number of benzene rings is 2. The van der Waals surface area contributed by atoms with E-state index in [0.29, 0.717) is 23.4 Å². The van der Waals surface area contributed by atoms with E-state index in [4.69, 9.17) is 9.15 Å². The van der Waals surface area contributed by atoms with Crippen molar-refractivity contribution in [3.63, 3.8) is 0 Å². The summed E-state index contributed by atoms with van der Waals surface area (Å²) in [6, 6.07) is 15.6. The summed E-state index contributed by atoms with van der Waals surface area (Å²) in [5.74, 6) is 0.535. The third-order valence-corrected chi connectivity index (χ3v) is 4.71. The van der Waals surface area contributed by atoms with Gasteiger partial charge in [0.2, 0.25) is 0 Å². The van der Waals surface area contributed by atoms with Gasteiger partial charge in [0, 0.05) is 40.7 Å². The van der Waals surface area contributed by atoms with Crippen LogP contribution in [0.5, 0.6) is 5.75 Å². The highest BCUT2D eigenvalue weighted by atomic mass is 16.5. The molecule has 6 nitrogen and oxygen atoms in total. The van der Waals surface area contributed by atoms with E-state index in [0.717, 1.165) is 27.8 Å². The average Bonchev–Trinajstić information content (AvgIpc) is 2.74. The van der Waals surface area contributed by atoms with Gasteiger partial charge in [-0.2, -0.15) is 0 Å². The fraction of sp³-hybridized carbons (Fsp3) is 0.125. The SMILES string of the molecule is Cc1cc(C(=O)Nc2ccc3oc(=O)ccc3c2)cc(C)c1OCc1cccnc1. The van der Waals surface area contributed by atoms with Gasteiger partial charge in [0.05, 0.1) is 0 Å². The van der Waals surface area contributed by atoms with Crippen molar-refractivity contribution in [1.29, 1.82) is 0 Å². The monoisotopic (exact) mass is 400 g/mol. The largest absolute Gasteiger partial charge is 0.488 e. The molecule has 1 amide bonds. The number of anilines is 1. The van der Waals surface area contributed by atoms with Crippen molar-refractivity contribution in [2.24, 2.45) is 0 Å². The van der Waals surface area contributed by atoms with Crippen LogP contribution in [0.15, 0.2) is 76.2 Å². The Morgan fingerprint density at radius 2 is 1.87 bits per heavy atom. The molecule has 0 bridgehead atoms. The molecule has 0 aliphatic heterocycles. The first-order valence-electron chi connectivity index (χ1n) is 9.48. The zero-order valence-electron chi connectivity index (χ0n) is 16.6. The third-order valence-electron chi connectivity index (χ3n) is 4.71. The van der Waals surface area contributed by atoms with Gasteiger partial charge < -0.3 is 14.5 Å². The lowest BCUT2D eigenvalue weighted by Gasteiger charge is -2.14. The lowest BCUT2D eigenvalue weighted by molar-refractivity contribution is 0.102. The summed E-state index contributed by atoms with van der Waals surface area (Å²) in [7, 11) is 0. The summed E-state index contributed by atoms with van der Waals surface area (Å²) in [5, 5.41) is 3.62. The predicted octanol–water partition coefficient (Wildman–Crippen LogP) is 4.64. The molecular formula is C24H20N2O4. The number of carbonyl (C=O) groups is 1. The standard InChI is InChI=1S/C24H20N2O4/c1-15-10-19(11-16(2)23(15)29-14-17-4-3-9-25-13-17)24(28)26-20-6-7-21-18(12-20)5-8-22(27)30-21/h3-13H,14H2,1-2H3,(H,26,28). The smallest absolute Gasteiger partial charge is 0.336 e. The molecule has 0 radical (unpaired) electrons. The second-order valence-electron chi connectivity index (χ2n) is 7.05. The highest BCUT2D eigenvalue weighted by Crippen LogP contribution is 2.26. The fourth-order valence-corrected chi connectivity index (χ4v) is 3.30. The van der Waals surface area contributed by atoms with Crippen LogP contribution in [0.4, 0.5) is 5.69 Å².